The van der Waals surface area contributed by atoms with Crippen LogP contribution in [0.25, 0.3) is 16.5 Å². The number of carboxylic acids is 1. The lowest BCUT2D eigenvalue weighted by Gasteiger charge is -2.29. The van der Waals surface area contributed by atoms with Crippen molar-refractivity contribution in [3.63, 3.8) is 0 Å². The summed E-state index contributed by atoms with van der Waals surface area (Å²) in [6, 6.07) is 26.9. The summed E-state index contributed by atoms with van der Waals surface area (Å²) in [5.74, 6) is -1.22. The number of nitrogens with zero attached hydrogens (tertiary/aromatic N) is 2. The van der Waals surface area contributed by atoms with Crippen molar-refractivity contribution < 1.29 is 9.90 Å². The van der Waals surface area contributed by atoms with Gasteiger partial charge in [-0.05, 0) is 86.9 Å². The van der Waals surface area contributed by atoms with Crippen LogP contribution in [-0.2, 0) is 4.79 Å². The molecule has 0 aliphatic rings. The fourth-order valence-corrected chi connectivity index (χ4v) is 5.12. The van der Waals surface area contributed by atoms with Crippen molar-refractivity contribution in [1.29, 1.82) is 5.26 Å². The molecule has 0 bridgehead atoms. The largest absolute Gasteiger partial charge is 0.477 e. The van der Waals surface area contributed by atoms with Crippen LogP contribution in [-0.4, -0.2) is 11.1 Å². The predicted molar refractivity (Wildman–Crippen MR) is 145 cm³/mol. The van der Waals surface area contributed by atoms with Crippen LogP contribution < -0.4 is 4.90 Å². The summed E-state index contributed by atoms with van der Waals surface area (Å²) in [6.07, 6.45) is 1.41. The molecule has 0 saturated heterocycles. The van der Waals surface area contributed by atoms with Crippen molar-refractivity contribution in [2.75, 3.05) is 4.90 Å². The van der Waals surface area contributed by atoms with Gasteiger partial charge in [-0.3, -0.25) is 0 Å². The highest BCUT2D eigenvalue weighted by Crippen LogP contribution is 2.40. The zero-order valence-electron chi connectivity index (χ0n) is 20.2. The lowest BCUT2D eigenvalue weighted by molar-refractivity contribution is -0.132. The minimum absolute atomic E-state index is 0.272. The van der Waals surface area contributed by atoms with E-state index < -0.39 is 5.97 Å². The van der Waals surface area contributed by atoms with Gasteiger partial charge in [-0.15, -0.1) is 11.3 Å². The van der Waals surface area contributed by atoms with Gasteiger partial charge in [-0.25, -0.2) is 4.79 Å². The second kappa shape index (κ2) is 10.0. The Morgan fingerprint density at radius 3 is 1.91 bits per heavy atom. The summed E-state index contributed by atoms with van der Waals surface area (Å²) in [4.78, 5) is 15.2. The van der Waals surface area contributed by atoms with Crippen LogP contribution in [0.4, 0.5) is 17.1 Å². The van der Waals surface area contributed by atoms with E-state index in [2.05, 4.69) is 93.3 Å². The molecule has 1 N–H and O–H groups in total. The topological polar surface area (TPSA) is 64.3 Å². The Labute approximate surface area is 210 Å². The molecule has 0 aliphatic heterocycles. The first-order valence-corrected chi connectivity index (χ1v) is 12.1. The Bertz CT molecular complexity index is 1420. The van der Waals surface area contributed by atoms with Gasteiger partial charge in [-0.1, -0.05) is 47.5 Å². The lowest BCUT2D eigenvalue weighted by atomic mass is 10.0. The van der Waals surface area contributed by atoms with Gasteiger partial charge < -0.3 is 10.0 Å². The Balaban J connectivity index is 1.74. The highest BCUT2D eigenvalue weighted by Gasteiger charge is 2.17. The second-order valence-corrected chi connectivity index (χ2v) is 9.75. The molecule has 1 heterocycles. The fraction of sp³-hybridized carbons (Fsp3) is 0.133. The highest BCUT2D eigenvalue weighted by atomic mass is 32.1. The van der Waals surface area contributed by atoms with E-state index >= 15 is 0 Å². The van der Waals surface area contributed by atoms with Crippen LogP contribution in [0.1, 0.15) is 27.1 Å². The molecule has 0 unspecified atom stereocenters. The minimum atomic E-state index is -1.22. The van der Waals surface area contributed by atoms with E-state index in [4.69, 9.17) is 10.4 Å². The first kappa shape index (κ1) is 24.0. The van der Waals surface area contributed by atoms with E-state index in [1.54, 1.807) is 6.07 Å². The number of anilines is 3. The summed E-state index contributed by atoms with van der Waals surface area (Å²) >= 11 is 1.46. The molecule has 174 valence electrons. The smallest absolute Gasteiger partial charge is 0.346 e. The van der Waals surface area contributed by atoms with Gasteiger partial charge >= 0.3 is 5.97 Å². The standard InChI is InChI=1S/C30H26N2O2S/c1-19-5-12-27(21(3)15-19)32(28-13-6-20(2)16-22(28)4)25-9-7-23(8-10-25)29-14-11-26(35-29)17-24(18-31)30(33)34/h5-17H,1-4H3,(H,33,34). The predicted octanol–water partition coefficient (Wildman–Crippen LogP) is 8.11. The summed E-state index contributed by atoms with van der Waals surface area (Å²) in [5, 5.41) is 18.1. The van der Waals surface area contributed by atoms with Crippen molar-refractivity contribution in [2.24, 2.45) is 0 Å². The molecule has 0 spiro atoms. The number of benzene rings is 3. The normalized spacial score (nSPS) is 11.2. The van der Waals surface area contributed by atoms with Crippen LogP contribution in [0.3, 0.4) is 0 Å². The Morgan fingerprint density at radius 2 is 1.43 bits per heavy atom. The van der Waals surface area contributed by atoms with Gasteiger partial charge in [0, 0.05) is 26.8 Å². The maximum absolute atomic E-state index is 11.1. The van der Waals surface area contributed by atoms with Crippen molar-refractivity contribution in [2.45, 2.75) is 27.7 Å². The summed E-state index contributed by atoms with van der Waals surface area (Å²) < 4.78 is 0. The molecule has 1 aromatic heterocycles. The van der Waals surface area contributed by atoms with Gasteiger partial charge in [0.15, 0.2) is 0 Å². The van der Waals surface area contributed by atoms with E-state index in [1.165, 1.54) is 39.7 Å². The van der Waals surface area contributed by atoms with Crippen LogP contribution in [0.2, 0.25) is 0 Å². The number of hydrogen-bond donors (Lipinski definition) is 1. The molecule has 5 heteroatoms. The van der Waals surface area contributed by atoms with Crippen molar-refractivity contribution >= 4 is 40.4 Å². The Morgan fingerprint density at radius 1 is 0.857 bits per heavy atom. The van der Waals surface area contributed by atoms with E-state index in [0.29, 0.717) is 0 Å². The summed E-state index contributed by atoms with van der Waals surface area (Å²) in [5.41, 5.74) is 8.96. The molecule has 35 heavy (non-hydrogen) atoms. The third kappa shape index (κ3) is 5.18. The Kier molecular flexibility index (Phi) is 6.86. The minimum Gasteiger partial charge on any atom is -0.477 e. The first-order chi connectivity index (χ1) is 16.8. The number of rotatable bonds is 6. The Hall–Kier alpha value is -4.14. The zero-order valence-corrected chi connectivity index (χ0v) is 21.0. The number of thiophene rings is 1. The van der Waals surface area contributed by atoms with Crippen LogP contribution >= 0.6 is 11.3 Å². The van der Waals surface area contributed by atoms with Crippen LogP contribution in [0.15, 0.2) is 78.4 Å². The maximum Gasteiger partial charge on any atom is 0.346 e. The van der Waals surface area contributed by atoms with Crippen molar-refractivity contribution in [3.8, 4) is 16.5 Å². The highest BCUT2D eigenvalue weighted by molar-refractivity contribution is 7.16. The number of aliphatic carboxylic acids is 1. The van der Waals surface area contributed by atoms with Gasteiger partial charge in [-0.2, -0.15) is 5.26 Å². The molecule has 0 aliphatic carbocycles. The number of aryl methyl sites for hydroxylation is 4. The molecule has 0 amide bonds. The molecule has 3 aromatic carbocycles. The number of carboxylic acid groups (broad SMARTS) is 1. The number of nitriles is 1. The number of hydrogen-bond acceptors (Lipinski definition) is 4. The average Bonchev–Trinajstić information content (AvgIpc) is 3.29. The molecule has 4 aromatic rings. The quantitative estimate of drug-likeness (QED) is 0.224. The van der Waals surface area contributed by atoms with Gasteiger partial charge in [0.1, 0.15) is 11.6 Å². The summed E-state index contributed by atoms with van der Waals surface area (Å²) in [6.45, 7) is 8.49. The van der Waals surface area contributed by atoms with Crippen molar-refractivity contribution in [3.05, 3.63) is 106 Å². The third-order valence-electron chi connectivity index (χ3n) is 5.86. The molecule has 4 nitrogen and oxygen atoms in total. The zero-order chi connectivity index (χ0) is 25.1. The average molecular weight is 479 g/mol. The van der Waals surface area contributed by atoms with Crippen LogP contribution in [0.5, 0.6) is 0 Å². The van der Waals surface area contributed by atoms with E-state index in [1.807, 2.05) is 12.1 Å². The molecular formula is C30H26N2O2S. The molecule has 0 fully saturated rings. The molecular weight excluding hydrogens is 452 g/mol. The first-order valence-electron chi connectivity index (χ1n) is 11.3. The molecule has 4 rings (SSSR count). The van der Waals surface area contributed by atoms with Gasteiger partial charge in [0.05, 0.1) is 0 Å². The SMILES string of the molecule is Cc1ccc(N(c2ccc(-c3ccc(C=C(C#N)C(=O)O)s3)cc2)c2ccc(C)cc2C)c(C)c1. The summed E-state index contributed by atoms with van der Waals surface area (Å²) in [7, 11) is 0. The van der Waals surface area contributed by atoms with Crippen LogP contribution in [0, 0.1) is 39.0 Å². The molecule has 0 radical (unpaired) electrons. The van der Waals surface area contributed by atoms with Crippen molar-refractivity contribution in [1.82, 2.24) is 0 Å². The van der Waals surface area contributed by atoms with E-state index in [0.717, 1.165) is 32.4 Å². The van der Waals surface area contributed by atoms with E-state index in [-0.39, 0.29) is 5.57 Å². The fourth-order valence-electron chi connectivity index (χ4n) is 4.16. The van der Waals surface area contributed by atoms with E-state index in [9.17, 15) is 4.79 Å². The van der Waals surface area contributed by atoms with Gasteiger partial charge in [0.2, 0.25) is 0 Å². The second-order valence-electron chi connectivity index (χ2n) is 8.64. The maximum atomic E-state index is 11.1. The van der Waals surface area contributed by atoms with Gasteiger partial charge in [0.25, 0.3) is 0 Å². The third-order valence-corrected chi connectivity index (χ3v) is 6.94. The molecule has 0 atom stereocenters. The monoisotopic (exact) mass is 478 g/mol. The lowest BCUT2D eigenvalue weighted by Crippen LogP contribution is -2.12. The molecule has 0 saturated carbocycles. The number of carbonyl (C=O) groups is 1.